The van der Waals surface area contributed by atoms with E-state index in [1.807, 2.05) is 6.07 Å². The van der Waals surface area contributed by atoms with Gasteiger partial charge in [-0.3, -0.25) is 4.79 Å². The molecule has 1 aromatic rings. The van der Waals surface area contributed by atoms with Gasteiger partial charge in [0.15, 0.2) is 5.12 Å². The van der Waals surface area contributed by atoms with Gasteiger partial charge in [-0.15, -0.1) is 0 Å². The SMILES string of the molecule is COc1ccc(Cl)cc1CSC(C)=O. The van der Waals surface area contributed by atoms with E-state index in [0.29, 0.717) is 10.8 Å². The molecule has 0 aromatic heterocycles. The van der Waals surface area contributed by atoms with E-state index < -0.39 is 0 Å². The Labute approximate surface area is 92.6 Å². The average Bonchev–Trinajstić information content (AvgIpc) is 2.15. The lowest BCUT2D eigenvalue weighted by atomic mass is 10.2. The Morgan fingerprint density at radius 2 is 2.29 bits per heavy atom. The van der Waals surface area contributed by atoms with Crippen LogP contribution in [0.15, 0.2) is 18.2 Å². The van der Waals surface area contributed by atoms with Crippen molar-refractivity contribution in [2.75, 3.05) is 7.11 Å². The van der Waals surface area contributed by atoms with Gasteiger partial charge in [0.1, 0.15) is 5.75 Å². The van der Waals surface area contributed by atoms with Crippen molar-refractivity contribution in [2.24, 2.45) is 0 Å². The maximum Gasteiger partial charge on any atom is 0.186 e. The Bertz CT molecular complexity index is 339. The topological polar surface area (TPSA) is 26.3 Å². The van der Waals surface area contributed by atoms with Crippen molar-refractivity contribution >= 4 is 28.5 Å². The molecule has 0 aliphatic carbocycles. The standard InChI is InChI=1S/C10H11ClO2S/c1-7(12)14-6-8-5-9(11)3-4-10(8)13-2/h3-5H,6H2,1-2H3. The Kier molecular flexibility index (Phi) is 4.29. The summed E-state index contributed by atoms with van der Waals surface area (Å²) in [7, 11) is 1.60. The number of rotatable bonds is 3. The second-order valence-electron chi connectivity index (χ2n) is 2.74. The van der Waals surface area contributed by atoms with Crippen LogP contribution in [0, 0.1) is 0 Å². The maximum absolute atomic E-state index is 10.8. The number of thioether (sulfide) groups is 1. The van der Waals surface area contributed by atoms with Crippen LogP contribution in [0.2, 0.25) is 5.02 Å². The largest absolute Gasteiger partial charge is 0.496 e. The zero-order valence-corrected chi connectivity index (χ0v) is 9.61. The summed E-state index contributed by atoms with van der Waals surface area (Å²) in [4.78, 5) is 10.8. The number of hydrogen-bond donors (Lipinski definition) is 0. The van der Waals surface area contributed by atoms with Crippen molar-refractivity contribution in [3.63, 3.8) is 0 Å². The van der Waals surface area contributed by atoms with E-state index in [9.17, 15) is 4.79 Å². The quantitative estimate of drug-likeness (QED) is 0.798. The molecule has 0 bridgehead atoms. The van der Waals surface area contributed by atoms with Crippen molar-refractivity contribution < 1.29 is 9.53 Å². The second kappa shape index (κ2) is 5.27. The van der Waals surface area contributed by atoms with Gasteiger partial charge in [-0.1, -0.05) is 23.4 Å². The van der Waals surface area contributed by atoms with Gasteiger partial charge >= 0.3 is 0 Å². The molecule has 0 unspecified atom stereocenters. The number of hydrogen-bond acceptors (Lipinski definition) is 3. The number of carbonyl (C=O) groups excluding carboxylic acids is 1. The first-order valence-electron chi connectivity index (χ1n) is 4.09. The number of methoxy groups -OCH3 is 1. The normalized spacial score (nSPS) is 9.93. The van der Waals surface area contributed by atoms with Gasteiger partial charge in [0.25, 0.3) is 0 Å². The Morgan fingerprint density at radius 1 is 1.57 bits per heavy atom. The molecule has 14 heavy (non-hydrogen) atoms. The molecule has 0 heterocycles. The van der Waals surface area contributed by atoms with E-state index in [1.165, 1.54) is 11.8 Å². The predicted molar refractivity (Wildman–Crippen MR) is 60.0 cm³/mol. The first-order chi connectivity index (χ1) is 6.63. The summed E-state index contributed by atoms with van der Waals surface area (Å²) < 4.78 is 5.15. The van der Waals surface area contributed by atoms with Gasteiger partial charge in [-0.05, 0) is 18.2 Å². The Balaban J connectivity index is 2.82. The highest BCUT2D eigenvalue weighted by molar-refractivity contribution is 8.12. The fourth-order valence-electron chi connectivity index (χ4n) is 1.04. The summed E-state index contributed by atoms with van der Waals surface area (Å²) >= 11 is 7.08. The highest BCUT2D eigenvalue weighted by Crippen LogP contribution is 2.26. The summed E-state index contributed by atoms with van der Waals surface area (Å²) in [5.41, 5.74) is 0.945. The van der Waals surface area contributed by atoms with Crippen molar-refractivity contribution in [2.45, 2.75) is 12.7 Å². The zero-order chi connectivity index (χ0) is 10.6. The fraction of sp³-hybridized carbons (Fsp3) is 0.300. The summed E-state index contributed by atoms with van der Waals surface area (Å²) in [5.74, 6) is 1.36. The molecule has 0 aliphatic rings. The molecule has 76 valence electrons. The Morgan fingerprint density at radius 3 is 2.86 bits per heavy atom. The minimum absolute atomic E-state index is 0.0898. The molecule has 0 amide bonds. The first-order valence-corrected chi connectivity index (χ1v) is 5.45. The molecule has 0 spiro atoms. The third-order valence-corrected chi connectivity index (χ3v) is 2.77. The van der Waals surface area contributed by atoms with Crippen molar-refractivity contribution in [1.29, 1.82) is 0 Å². The molecule has 0 atom stereocenters. The summed E-state index contributed by atoms with van der Waals surface area (Å²) in [6.45, 7) is 1.54. The Hall–Kier alpha value is -0.670. The number of ether oxygens (including phenoxy) is 1. The second-order valence-corrected chi connectivity index (χ2v) is 4.33. The molecule has 4 heteroatoms. The van der Waals surface area contributed by atoms with Crippen molar-refractivity contribution in [1.82, 2.24) is 0 Å². The van der Waals surface area contributed by atoms with Crippen LogP contribution < -0.4 is 4.74 Å². The van der Waals surface area contributed by atoms with Crippen LogP contribution >= 0.6 is 23.4 Å². The molecule has 1 aromatic carbocycles. The van der Waals surface area contributed by atoms with Gasteiger partial charge in [-0.25, -0.2) is 0 Å². The van der Waals surface area contributed by atoms with E-state index in [2.05, 4.69) is 0 Å². The highest BCUT2D eigenvalue weighted by Gasteiger charge is 2.05. The molecule has 0 saturated heterocycles. The zero-order valence-electron chi connectivity index (χ0n) is 8.04. The van der Waals surface area contributed by atoms with Gasteiger partial charge in [0.05, 0.1) is 7.11 Å². The van der Waals surface area contributed by atoms with Crippen LogP contribution in [0.25, 0.3) is 0 Å². The van der Waals surface area contributed by atoms with Gasteiger partial charge < -0.3 is 4.74 Å². The fourth-order valence-corrected chi connectivity index (χ4v) is 1.82. The summed E-state index contributed by atoms with van der Waals surface area (Å²) in [6, 6.07) is 5.39. The predicted octanol–water partition coefficient (Wildman–Crippen LogP) is 3.13. The molecule has 0 saturated carbocycles. The molecule has 0 fully saturated rings. The highest BCUT2D eigenvalue weighted by atomic mass is 35.5. The van der Waals surface area contributed by atoms with Crippen LogP contribution in [0.4, 0.5) is 0 Å². The minimum Gasteiger partial charge on any atom is -0.496 e. The number of benzene rings is 1. The summed E-state index contributed by atoms with van der Waals surface area (Å²) in [5, 5.41) is 0.747. The lowest BCUT2D eigenvalue weighted by Crippen LogP contribution is -1.91. The first kappa shape index (κ1) is 11.4. The molecule has 0 N–H and O–H groups in total. The van der Waals surface area contributed by atoms with Gasteiger partial charge in [0, 0.05) is 23.3 Å². The molecule has 2 nitrogen and oxygen atoms in total. The molecule has 0 aliphatic heterocycles. The number of carbonyl (C=O) groups is 1. The van der Waals surface area contributed by atoms with E-state index in [-0.39, 0.29) is 5.12 Å². The van der Waals surface area contributed by atoms with E-state index in [1.54, 1.807) is 26.2 Å². The van der Waals surface area contributed by atoms with Crippen LogP contribution in [0.1, 0.15) is 12.5 Å². The average molecular weight is 231 g/mol. The van der Waals surface area contributed by atoms with Crippen molar-refractivity contribution in [3.8, 4) is 5.75 Å². The maximum atomic E-state index is 10.8. The smallest absolute Gasteiger partial charge is 0.186 e. The third-order valence-electron chi connectivity index (χ3n) is 1.67. The van der Waals surface area contributed by atoms with Crippen molar-refractivity contribution in [3.05, 3.63) is 28.8 Å². The lowest BCUT2D eigenvalue weighted by molar-refractivity contribution is -0.109. The van der Waals surface area contributed by atoms with Crippen LogP contribution in [-0.2, 0) is 10.5 Å². The van der Waals surface area contributed by atoms with E-state index in [4.69, 9.17) is 16.3 Å². The molecule has 1 rings (SSSR count). The van der Waals surface area contributed by atoms with Crippen LogP contribution in [0.3, 0.4) is 0 Å². The third kappa shape index (κ3) is 3.24. The minimum atomic E-state index is 0.0898. The van der Waals surface area contributed by atoms with Crippen LogP contribution in [0.5, 0.6) is 5.75 Å². The summed E-state index contributed by atoms with van der Waals surface area (Å²) in [6.07, 6.45) is 0. The molecular formula is C10H11ClO2S. The molecule has 0 radical (unpaired) electrons. The van der Waals surface area contributed by atoms with Crippen LogP contribution in [-0.4, -0.2) is 12.2 Å². The lowest BCUT2D eigenvalue weighted by Gasteiger charge is -2.07. The van der Waals surface area contributed by atoms with E-state index >= 15 is 0 Å². The number of halogens is 1. The van der Waals surface area contributed by atoms with E-state index in [0.717, 1.165) is 11.3 Å². The monoisotopic (exact) mass is 230 g/mol. The molecular weight excluding hydrogens is 220 g/mol. The van der Waals surface area contributed by atoms with Gasteiger partial charge in [-0.2, -0.15) is 0 Å². The van der Waals surface area contributed by atoms with Gasteiger partial charge in [0.2, 0.25) is 0 Å².